The molecule has 0 aliphatic rings. The number of aromatic nitrogens is 4. The Hall–Kier alpha value is -3.41. The lowest BCUT2D eigenvalue weighted by Crippen LogP contribution is -2.06. The zero-order chi connectivity index (χ0) is 19.0. The second-order valence-electron chi connectivity index (χ2n) is 6.62. The Labute approximate surface area is 156 Å². The molecule has 3 heterocycles. The quantitative estimate of drug-likeness (QED) is 0.527. The largest absolute Gasteiger partial charge is 0.497 e. The van der Waals surface area contributed by atoms with Crippen molar-refractivity contribution in [1.29, 1.82) is 0 Å². The molecule has 0 aliphatic carbocycles. The van der Waals surface area contributed by atoms with Crippen LogP contribution in [0.15, 0.2) is 42.6 Å². The van der Waals surface area contributed by atoms with E-state index in [1.165, 1.54) is 0 Å². The number of nitrogens with one attached hydrogen (secondary N) is 2. The highest BCUT2D eigenvalue weighted by atomic mass is 16.5. The highest BCUT2D eigenvalue weighted by Crippen LogP contribution is 2.26. The van der Waals surface area contributed by atoms with Crippen molar-refractivity contribution in [2.75, 3.05) is 7.11 Å². The maximum absolute atomic E-state index is 12.5. The van der Waals surface area contributed by atoms with Crippen molar-refractivity contribution in [1.82, 2.24) is 20.2 Å². The number of aromatic amines is 2. The smallest absolute Gasteiger partial charge is 0.187 e. The topological polar surface area (TPSA) is 83.7 Å². The molecule has 0 saturated heterocycles. The van der Waals surface area contributed by atoms with E-state index >= 15 is 0 Å². The number of ketones is 1. The lowest BCUT2D eigenvalue weighted by molar-refractivity contribution is 0.0987. The van der Waals surface area contributed by atoms with Gasteiger partial charge in [0.2, 0.25) is 0 Å². The monoisotopic (exact) mass is 360 g/mol. The van der Waals surface area contributed by atoms with Crippen LogP contribution < -0.4 is 4.74 Å². The normalized spacial score (nSPS) is 11.1. The lowest BCUT2D eigenvalue weighted by Gasteiger charge is -2.01. The first-order valence-corrected chi connectivity index (χ1v) is 8.72. The van der Waals surface area contributed by atoms with Gasteiger partial charge in [0.15, 0.2) is 5.78 Å². The van der Waals surface area contributed by atoms with Gasteiger partial charge in [-0.25, -0.2) is 4.98 Å². The highest BCUT2D eigenvalue weighted by molar-refractivity contribution is 5.97. The fourth-order valence-corrected chi connectivity index (χ4v) is 3.13. The number of aryl methyl sites for hydroxylation is 1. The van der Waals surface area contributed by atoms with Crippen LogP contribution in [0.25, 0.3) is 22.3 Å². The maximum Gasteiger partial charge on any atom is 0.187 e. The highest BCUT2D eigenvalue weighted by Gasteiger charge is 2.16. The van der Waals surface area contributed by atoms with Gasteiger partial charge in [-0.2, -0.15) is 5.10 Å². The summed E-state index contributed by atoms with van der Waals surface area (Å²) in [5, 5.41) is 7.95. The predicted octanol–water partition coefficient (Wildman–Crippen LogP) is 4.00. The van der Waals surface area contributed by atoms with Crippen LogP contribution in [-0.2, 0) is 6.42 Å². The first kappa shape index (κ1) is 17.0. The second-order valence-corrected chi connectivity index (χ2v) is 6.62. The van der Waals surface area contributed by atoms with E-state index in [1.807, 2.05) is 50.2 Å². The van der Waals surface area contributed by atoms with Gasteiger partial charge in [0.25, 0.3) is 0 Å². The number of pyridine rings is 1. The van der Waals surface area contributed by atoms with Crippen LogP contribution in [0, 0.1) is 13.8 Å². The molecule has 6 nitrogen and oxygen atoms in total. The number of carbonyl (C=O) groups is 1. The van der Waals surface area contributed by atoms with Crippen LogP contribution in [0.3, 0.4) is 0 Å². The number of hydrogen-bond donors (Lipinski definition) is 2. The third-order valence-electron chi connectivity index (χ3n) is 4.79. The summed E-state index contributed by atoms with van der Waals surface area (Å²) in [6.45, 7) is 3.81. The minimum Gasteiger partial charge on any atom is -0.497 e. The van der Waals surface area contributed by atoms with Gasteiger partial charge in [-0.3, -0.25) is 9.89 Å². The SMILES string of the molecule is COc1cccc(-c2cc3cc(CC(=O)c4n[nH]c(C)c4C)cnc3[nH]2)c1. The lowest BCUT2D eigenvalue weighted by atomic mass is 10.0. The van der Waals surface area contributed by atoms with E-state index in [4.69, 9.17) is 4.74 Å². The summed E-state index contributed by atoms with van der Waals surface area (Å²) in [5.41, 5.74) is 5.95. The van der Waals surface area contributed by atoms with Gasteiger partial charge >= 0.3 is 0 Å². The Morgan fingerprint density at radius 3 is 2.78 bits per heavy atom. The molecule has 0 bridgehead atoms. The van der Waals surface area contributed by atoms with E-state index < -0.39 is 0 Å². The van der Waals surface area contributed by atoms with Gasteiger partial charge in [-0.1, -0.05) is 12.1 Å². The Balaban J connectivity index is 1.62. The van der Waals surface area contributed by atoms with Crippen molar-refractivity contribution >= 4 is 16.8 Å². The summed E-state index contributed by atoms with van der Waals surface area (Å²) in [5.74, 6) is 0.789. The number of rotatable bonds is 5. The Morgan fingerprint density at radius 1 is 1.19 bits per heavy atom. The maximum atomic E-state index is 12.5. The number of hydrogen-bond acceptors (Lipinski definition) is 4. The molecule has 0 radical (unpaired) electrons. The van der Waals surface area contributed by atoms with Crippen molar-refractivity contribution < 1.29 is 9.53 Å². The van der Waals surface area contributed by atoms with Crippen molar-refractivity contribution in [3.8, 4) is 17.0 Å². The van der Waals surface area contributed by atoms with Gasteiger partial charge in [0.1, 0.15) is 17.1 Å². The van der Waals surface area contributed by atoms with Gasteiger partial charge < -0.3 is 9.72 Å². The average molecular weight is 360 g/mol. The zero-order valence-electron chi connectivity index (χ0n) is 15.5. The number of nitrogens with zero attached hydrogens (tertiary/aromatic N) is 2. The molecule has 0 fully saturated rings. The molecule has 1 aromatic carbocycles. The molecule has 0 atom stereocenters. The summed E-state index contributed by atoms with van der Waals surface area (Å²) in [4.78, 5) is 20.3. The molecule has 4 aromatic rings. The van der Waals surface area contributed by atoms with Gasteiger partial charge in [0, 0.05) is 40.5 Å². The molecule has 6 heteroatoms. The summed E-state index contributed by atoms with van der Waals surface area (Å²) >= 11 is 0. The Morgan fingerprint density at radius 2 is 2.04 bits per heavy atom. The molecule has 0 aliphatic heterocycles. The van der Waals surface area contributed by atoms with Gasteiger partial charge in [0.05, 0.1) is 7.11 Å². The van der Waals surface area contributed by atoms with Crippen molar-refractivity contribution in [3.63, 3.8) is 0 Å². The fourth-order valence-electron chi connectivity index (χ4n) is 3.13. The average Bonchev–Trinajstić information content (AvgIpc) is 3.25. The number of Topliss-reactive ketones (excluding diaryl/α,β-unsaturated/α-hetero) is 1. The Kier molecular flexibility index (Phi) is 4.24. The molecule has 27 heavy (non-hydrogen) atoms. The van der Waals surface area contributed by atoms with Crippen LogP contribution in [0.2, 0.25) is 0 Å². The molecule has 136 valence electrons. The van der Waals surface area contributed by atoms with E-state index in [0.717, 1.165) is 44.9 Å². The molecule has 0 spiro atoms. The zero-order valence-corrected chi connectivity index (χ0v) is 15.5. The summed E-state index contributed by atoms with van der Waals surface area (Å²) in [6.07, 6.45) is 2.01. The number of H-pyrrole nitrogens is 2. The number of ether oxygens (including phenoxy) is 1. The number of benzene rings is 1. The first-order chi connectivity index (χ1) is 13.0. The summed E-state index contributed by atoms with van der Waals surface area (Å²) in [6, 6.07) is 11.9. The molecule has 0 unspecified atom stereocenters. The van der Waals surface area contributed by atoms with Crippen molar-refractivity contribution in [2.24, 2.45) is 0 Å². The summed E-state index contributed by atoms with van der Waals surface area (Å²) in [7, 11) is 1.65. The van der Waals surface area contributed by atoms with E-state index in [0.29, 0.717) is 5.69 Å². The van der Waals surface area contributed by atoms with E-state index in [2.05, 4.69) is 20.2 Å². The number of fused-ring (bicyclic) bond motifs is 1. The molecular formula is C21H20N4O2. The summed E-state index contributed by atoms with van der Waals surface area (Å²) < 4.78 is 5.29. The number of carbonyl (C=O) groups excluding carboxylic acids is 1. The van der Waals surface area contributed by atoms with E-state index in [-0.39, 0.29) is 12.2 Å². The molecule has 0 amide bonds. The Bertz CT molecular complexity index is 1140. The van der Waals surface area contributed by atoms with Crippen LogP contribution in [0.5, 0.6) is 5.75 Å². The first-order valence-electron chi connectivity index (χ1n) is 8.72. The van der Waals surface area contributed by atoms with Gasteiger partial charge in [-0.15, -0.1) is 0 Å². The van der Waals surface area contributed by atoms with Crippen LogP contribution in [0.1, 0.15) is 27.3 Å². The third kappa shape index (κ3) is 3.21. The second kappa shape index (κ2) is 6.72. The standard InChI is InChI=1S/C21H20N4O2/c1-12-13(2)24-25-20(12)19(26)8-14-7-16-10-18(23-21(16)22-11-14)15-5-4-6-17(9-15)27-3/h4-7,9-11H,8H2,1-3H3,(H,22,23)(H,24,25). The van der Waals surface area contributed by atoms with Gasteiger partial charge in [-0.05, 0) is 43.7 Å². The molecule has 0 saturated carbocycles. The minimum atomic E-state index is -0.0124. The van der Waals surface area contributed by atoms with Crippen LogP contribution >= 0.6 is 0 Å². The molecule has 3 aromatic heterocycles. The van der Waals surface area contributed by atoms with Crippen molar-refractivity contribution in [2.45, 2.75) is 20.3 Å². The van der Waals surface area contributed by atoms with E-state index in [9.17, 15) is 4.79 Å². The van der Waals surface area contributed by atoms with Crippen LogP contribution in [-0.4, -0.2) is 33.1 Å². The minimum absolute atomic E-state index is 0.0124. The third-order valence-corrected chi connectivity index (χ3v) is 4.79. The fraction of sp³-hybridized carbons (Fsp3) is 0.190. The van der Waals surface area contributed by atoms with Crippen molar-refractivity contribution in [3.05, 3.63) is 65.1 Å². The predicted molar refractivity (Wildman–Crippen MR) is 104 cm³/mol. The molecule has 4 rings (SSSR count). The van der Waals surface area contributed by atoms with Crippen LogP contribution in [0.4, 0.5) is 0 Å². The van der Waals surface area contributed by atoms with E-state index in [1.54, 1.807) is 13.3 Å². The molecule has 2 N–H and O–H groups in total. The number of methoxy groups -OCH3 is 1. The molecular weight excluding hydrogens is 340 g/mol.